The molecular formula is C12H11ClN2O. The molecule has 0 radical (unpaired) electrons. The van der Waals surface area contributed by atoms with E-state index in [1.54, 1.807) is 0 Å². The molecule has 82 valence electrons. The normalized spacial score (nSPS) is 12.4. The molecule has 0 spiro atoms. The molecular weight excluding hydrogens is 224 g/mol. The van der Waals surface area contributed by atoms with E-state index in [0.29, 0.717) is 10.8 Å². The third-order valence-electron chi connectivity index (χ3n) is 2.47. The van der Waals surface area contributed by atoms with E-state index in [0.717, 1.165) is 5.56 Å². The number of benzene rings is 1. The summed E-state index contributed by atoms with van der Waals surface area (Å²) < 4.78 is 0. The lowest BCUT2D eigenvalue weighted by Gasteiger charge is -2.10. The number of H-pyrrole nitrogens is 1. The van der Waals surface area contributed by atoms with Gasteiger partial charge in [-0.1, -0.05) is 30.7 Å². The lowest BCUT2D eigenvalue weighted by atomic mass is 10.0. The molecule has 0 aliphatic rings. The van der Waals surface area contributed by atoms with Crippen molar-refractivity contribution in [1.29, 1.82) is 0 Å². The van der Waals surface area contributed by atoms with Crippen LogP contribution < -0.4 is 5.56 Å². The maximum absolute atomic E-state index is 11.2. The molecule has 0 amide bonds. The quantitative estimate of drug-likeness (QED) is 0.868. The molecule has 3 nitrogen and oxygen atoms in total. The van der Waals surface area contributed by atoms with Crippen molar-refractivity contribution in [3.63, 3.8) is 0 Å². The molecule has 1 aromatic heterocycles. The van der Waals surface area contributed by atoms with Crippen LogP contribution in [0.25, 0.3) is 0 Å². The summed E-state index contributed by atoms with van der Waals surface area (Å²) in [6.07, 6.45) is 1.51. The highest BCUT2D eigenvalue weighted by atomic mass is 35.5. The number of aromatic amines is 1. The van der Waals surface area contributed by atoms with Gasteiger partial charge in [0.25, 0.3) is 5.56 Å². The van der Waals surface area contributed by atoms with Gasteiger partial charge < -0.3 is 4.98 Å². The summed E-state index contributed by atoms with van der Waals surface area (Å²) >= 11 is 5.81. The van der Waals surface area contributed by atoms with Crippen LogP contribution in [0.5, 0.6) is 0 Å². The fourth-order valence-electron chi connectivity index (χ4n) is 1.51. The van der Waals surface area contributed by atoms with Crippen molar-refractivity contribution in [2.45, 2.75) is 12.8 Å². The van der Waals surface area contributed by atoms with E-state index >= 15 is 0 Å². The molecule has 0 aliphatic carbocycles. The van der Waals surface area contributed by atoms with E-state index < -0.39 is 0 Å². The van der Waals surface area contributed by atoms with Crippen LogP contribution >= 0.6 is 11.6 Å². The lowest BCUT2D eigenvalue weighted by molar-refractivity contribution is 0.806. The minimum Gasteiger partial charge on any atom is -0.310 e. The zero-order chi connectivity index (χ0) is 11.5. The van der Waals surface area contributed by atoms with Crippen molar-refractivity contribution in [3.05, 3.63) is 63.3 Å². The van der Waals surface area contributed by atoms with Crippen LogP contribution in [0.2, 0.25) is 5.02 Å². The average Bonchev–Trinajstić information content (AvgIpc) is 2.29. The van der Waals surface area contributed by atoms with Crippen LogP contribution in [-0.4, -0.2) is 9.97 Å². The van der Waals surface area contributed by atoms with E-state index in [4.69, 9.17) is 11.6 Å². The summed E-state index contributed by atoms with van der Waals surface area (Å²) in [6, 6.07) is 8.92. The van der Waals surface area contributed by atoms with Crippen molar-refractivity contribution in [1.82, 2.24) is 9.97 Å². The highest BCUT2D eigenvalue weighted by molar-refractivity contribution is 6.30. The maximum atomic E-state index is 11.2. The summed E-state index contributed by atoms with van der Waals surface area (Å²) in [5, 5.41) is 0.700. The third kappa shape index (κ3) is 2.31. The molecule has 1 heterocycles. The van der Waals surface area contributed by atoms with E-state index in [-0.39, 0.29) is 11.5 Å². The van der Waals surface area contributed by atoms with E-state index in [2.05, 4.69) is 9.97 Å². The minimum absolute atomic E-state index is 0.0474. The van der Waals surface area contributed by atoms with Crippen LogP contribution in [0.4, 0.5) is 0 Å². The largest absolute Gasteiger partial charge is 0.310 e. The van der Waals surface area contributed by atoms with Gasteiger partial charge in [0.15, 0.2) is 0 Å². The number of rotatable bonds is 2. The Labute approximate surface area is 98.1 Å². The van der Waals surface area contributed by atoms with Gasteiger partial charge in [-0.15, -0.1) is 0 Å². The first-order valence-electron chi connectivity index (χ1n) is 4.97. The Morgan fingerprint density at radius 3 is 2.56 bits per heavy atom. The second-order valence-electron chi connectivity index (χ2n) is 3.59. The minimum atomic E-state index is -0.134. The lowest BCUT2D eigenvalue weighted by Crippen LogP contribution is -2.11. The fourth-order valence-corrected chi connectivity index (χ4v) is 1.64. The molecule has 0 aliphatic heterocycles. The van der Waals surface area contributed by atoms with Crippen LogP contribution in [0.15, 0.2) is 41.3 Å². The molecule has 1 aromatic carbocycles. The van der Waals surface area contributed by atoms with Gasteiger partial charge in [0, 0.05) is 23.2 Å². The molecule has 2 aromatic rings. The number of nitrogens with zero attached hydrogens (tertiary/aromatic N) is 1. The molecule has 0 saturated heterocycles. The van der Waals surface area contributed by atoms with Gasteiger partial charge in [0.1, 0.15) is 5.82 Å². The predicted molar refractivity (Wildman–Crippen MR) is 63.8 cm³/mol. The van der Waals surface area contributed by atoms with Gasteiger partial charge >= 0.3 is 0 Å². The van der Waals surface area contributed by atoms with E-state index in [9.17, 15) is 4.79 Å². The van der Waals surface area contributed by atoms with Crippen LogP contribution in [0, 0.1) is 0 Å². The van der Waals surface area contributed by atoms with Crippen LogP contribution in [0.3, 0.4) is 0 Å². The van der Waals surface area contributed by atoms with Gasteiger partial charge in [-0.2, -0.15) is 0 Å². The zero-order valence-electron chi connectivity index (χ0n) is 8.77. The monoisotopic (exact) mass is 234 g/mol. The summed E-state index contributed by atoms with van der Waals surface area (Å²) in [4.78, 5) is 18.0. The van der Waals surface area contributed by atoms with E-state index in [1.165, 1.54) is 12.3 Å². The zero-order valence-corrected chi connectivity index (χ0v) is 9.53. The highest BCUT2D eigenvalue weighted by Crippen LogP contribution is 2.21. The molecule has 0 bridgehead atoms. The number of halogens is 1. The van der Waals surface area contributed by atoms with Gasteiger partial charge in [0.2, 0.25) is 0 Å². The predicted octanol–water partition coefficient (Wildman–Crippen LogP) is 2.58. The number of hydrogen-bond donors (Lipinski definition) is 1. The van der Waals surface area contributed by atoms with Crippen molar-refractivity contribution in [2.75, 3.05) is 0 Å². The molecule has 0 fully saturated rings. The first-order chi connectivity index (χ1) is 7.66. The summed E-state index contributed by atoms with van der Waals surface area (Å²) in [6.45, 7) is 1.99. The topological polar surface area (TPSA) is 45.8 Å². The van der Waals surface area contributed by atoms with Crippen molar-refractivity contribution in [2.24, 2.45) is 0 Å². The Balaban J connectivity index is 2.35. The first kappa shape index (κ1) is 10.9. The van der Waals surface area contributed by atoms with Gasteiger partial charge in [0.05, 0.1) is 0 Å². The summed E-state index contributed by atoms with van der Waals surface area (Å²) in [5.41, 5.74) is 0.935. The Morgan fingerprint density at radius 2 is 1.94 bits per heavy atom. The van der Waals surface area contributed by atoms with Gasteiger partial charge in [-0.3, -0.25) is 4.79 Å². The average molecular weight is 235 g/mol. The Bertz CT molecular complexity index is 533. The van der Waals surface area contributed by atoms with Crippen LogP contribution in [0.1, 0.15) is 24.2 Å². The summed E-state index contributed by atoms with van der Waals surface area (Å²) in [5.74, 6) is 0.709. The summed E-state index contributed by atoms with van der Waals surface area (Å²) in [7, 11) is 0. The Kier molecular flexibility index (Phi) is 3.06. The second kappa shape index (κ2) is 4.49. The molecule has 2 rings (SSSR count). The van der Waals surface area contributed by atoms with Crippen molar-refractivity contribution in [3.8, 4) is 0 Å². The Morgan fingerprint density at radius 1 is 1.25 bits per heavy atom. The van der Waals surface area contributed by atoms with E-state index in [1.807, 2.05) is 31.2 Å². The first-order valence-corrected chi connectivity index (χ1v) is 5.35. The number of nitrogens with one attached hydrogen (secondary N) is 1. The van der Waals surface area contributed by atoms with Gasteiger partial charge in [-0.05, 0) is 17.7 Å². The number of hydrogen-bond acceptors (Lipinski definition) is 2. The van der Waals surface area contributed by atoms with Gasteiger partial charge in [-0.25, -0.2) is 4.98 Å². The highest BCUT2D eigenvalue weighted by Gasteiger charge is 2.10. The number of aromatic nitrogens is 2. The molecule has 4 heteroatoms. The smallest absolute Gasteiger partial charge is 0.250 e. The molecule has 16 heavy (non-hydrogen) atoms. The fraction of sp³-hybridized carbons (Fsp3) is 0.167. The second-order valence-corrected chi connectivity index (χ2v) is 4.03. The van der Waals surface area contributed by atoms with Crippen LogP contribution in [-0.2, 0) is 0 Å². The standard InChI is InChI=1S/C12H11ClN2O/c1-8(9-2-4-10(13)5-3-9)12-14-7-6-11(16)15-12/h2-8H,1H3,(H,14,15,16). The Hall–Kier alpha value is -1.61. The van der Waals surface area contributed by atoms with Crippen molar-refractivity contribution < 1.29 is 0 Å². The molecule has 1 N–H and O–H groups in total. The molecule has 1 unspecified atom stereocenters. The maximum Gasteiger partial charge on any atom is 0.250 e. The van der Waals surface area contributed by atoms with Crippen molar-refractivity contribution >= 4 is 11.6 Å². The molecule has 0 saturated carbocycles. The molecule has 1 atom stereocenters. The third-order valence-corrected chi connectivity index (χ3v) is 2.72. The SMILES string of the molecule is CC(c1ccc(Cl)cc1)c1nccc(=O)[nH]1.